The van der Waals surface area contributed by atoms with E-state index in [0.717, 1.165) is 22.3 Å². The molecule has 5 rings (SSSR count). The summed E-state index contributed by atoms with van der Waals surface area (Å²) in [7, 11) is 0. The van der Waals surface area contributed by atoms with Crippen LogP contribution in [0.15, 0.2) is 53.3 Å². The van der Waals surface area contributed by atoms with Gasteiger partial charge in [-0.25, -0.2) is 0 Å². The Kier molecular flexibility index (Phi) is 4.95. The average Bonchev–Trinajstić information content (AvgIpc) is 2.76. The zero-order valence-corrected chi connectivity index (χ0v) is 21.2. The van der Waals surface area contributed by atoms with Crippen molar-refractivity contribution in [3.63, 3.8) is 0 Å². The van der Waals surface area contributed by atoms with Crippen LogP contribution >= 0.6 is 0 Å². The lowest BCUT2D eigenvalue weighted by atomic mass is 9.43. The maximum absolute atomic E-state index is 14.2. The number of aromatic hydroxyl groups is 1. The van der Waals surface area contributed by atoms with Gasteiger partial charge in [-0.3, -0.25) is 14.4 Å². The van der Waals surface area contributed by atoms with Crippen LogP contribution in [0.1, 0.15) is 57.2 Å². The van der Waals surface area contributed by atoms with E-state index in [1.54, 1.807) is 13.8 Å². The summed E-state index contributed by atoms with van der Waals surface area (Å²) < 4.78 is 0. The van der Waals surface area contributed by atoms with Crippen molar-refractivity contribution in [3.05, 3.63) is 70.0 Å². The van der Waals surface area contributed by atoms with Gasteiger partial charge in [-0.1, -0.05) is 49.7 Å². The third-order valence-electron chi connectivity index (χ3n) is 8.86. The molecule has 6 heteroatoms. The summed E-state index contributed by atoms with van der Waals surface area (Å²) in [4.78, 5) is 39.4. The van der Waals surface area contributed by atoms with E-state index >= 15 is 0 Å². The Morgan fingerprint density at radius 3 is 2.17 bits per heavy atom. The van der Waals surface area contributed by atoms with E-state index in [0.29, 0.717) is 12.8 Å². The van der Waals surface area contributed by atoms with Crippen LogP contribution in [0.5, 0.6) is 5.75 Å². The number of phenols is 1. The summed E-state index contributed by atoms with van der Waals surface area (Å²) in [5.74, 6) is -2.55. The van der Waals surface area contributed by atoms with Gasteiger partial charge in [0.05, 0.1) is 16.6 Å². The maximum Gasteiger partial charge on any atom is 0.177 e. The van der Waals surface area contributed by atoms with E-state index in [1.807, 2.05) is 44.2 Å². The molecule has 1 saturated carbocycles. The third kappa shape index (κ3) is 2.93. The molecule has 186 valence electrons. The molecule has 36 heavy (non-hydrogen) atoms. The van der Waals surface area contributed by atoms with Crippen molar-refractivity contribution in [1.29, 1.82) is 0 Å². The topological polar surface area (TPSA) is 112 Å². The zero-order chi connectivity index (χ0) is 26.4. The minimum Gasteiger partial charge on any atom is -0.510 e. The van der Waals surface area contributed by atoms with E-state index in [4.69, 9.17) is 0 Å². The number of carbonyl (C=O) groups excluding carboxylic acids is 3. The Morgan fingerprint density at radius 1 is 0.917 bits per heavy atom. The van der Waals surface area contributed by atoms with Crippen LogP contribution < -0.4 is 0 Å². The van der Waals surface area contributed by atoms with Gasteiger partial charge in [0.1, 0.15) is 17.3 Å². The Hall–Kier alpha value is -3.67. The number of allylic oxidation sites excluding steroid dienone is 3. The molecule has 0 aliphatic heterocycles. The molecule has 0 amide bonds. The second-order valence-corrected chi connectivity index (χ2v) is 11.4. The Balaban J connectivity index is 1.78. The molecule has 0 heterocycles. The number of aryl methyl sites for hydroxylation is 1. The van der Waals surface area contributed by atoms with Crippen molar-refractivity contribution in [2.45, 2.75) is 53.9 Å². The number of aliphatic hydroxyl groups excluding tert-OH is 2. The number of Topliss-reactive ketones (excluding diaryl/α,β-unsaturated/α-hetero) is 3. The highest BCUT2D eigenvalue weighted by atomic mass is 16.3. The molecule has 0 radical (unpaired) electrons. The van der Waals surface area contributed by atoms with Crippen LogP contribution in [-0.2, 0) is 20.8 Å². The van der Waals surface area contributed by atoms with Crippen LogP contribution in [0.2, 0.25) is 0 Å². The van der Waals surface area contributed by atoms with Crippen LogP contribution in [0, 0.1) is 23.2 Å². The van der Waals surface area contributed by atoms with Crippen molar-refractivity contribution in [2.75, 3.05) is 0 Å². The number of hydrogen-bond acceptors (Lipinski definition) is 6. The van der Waals surface area contributed by atoms with E-state index in [-0.39, 0.29) is 34.6 Å². The highest BCUT2D eigenvalue weighted by Crippen LogP contribution is 2.66. The van der Waals surface area contributed by atoms with Crippen molar-refractivity contribution >= 4 is 23.1 Å². The molecular weight excluding hydrogens is 456 g/mol. The number of rotatable bonds is 2. The van der Waals surface area contributed by atoms with Crippen molar-refractivity contribution in [3.8, 4) is 16.9 Å². The van der Waals surface area contributed by atoms with Gasteiger partial charge in [0.25, 0.3) is 0 Å². The van der Waals surface area contributed by atoms with Gasteiger partial charge in [-0.2, -0.15) is 0 Å². The normalized spacial score (nSPS) is 29.6. The summed E-state index contributed by atoms with van der Waals surface area (Å²) in [5, 5.41) is 33.5. The van der Waals surface area contributed by atoms with Crippen LogP contribution in [0.3, 0.4) is 0 Å². The van der Waals surface area contributed by atoms with Crippen LogP contribution in [0.4, 0.5) is 0 Å². The number of ketones is 3. The minimum absolute atomic E-state index is 0.0600. The smallest absolute Gasteiger partial charge is 0.177 e. The molecule has 2 aromatic carbocycles. The largest absolute Gasteiger partial charge is 0.510 e. The lowest BCUT2D eigenvalue weighted by molar-refractivity contribution is -0.144. The first-order valence-corrected chi connectivity index (χ1v) is 12.1. The van der Waals surface area contributed by atoms with E-state index < -0.39 is 39.4 Å². The molecular formula is C30H30O6. The van der Waals surface area contributed by atoms with Gasteiger partial charge >= 0.3 is 0 Å². The average molecular weight is 487 g/mol. The highest BCUT2D eigenvalue weighted by molar-refractivity contribution is 6.23. The molecule has 0 saturated heterocycles. The number of hydrogen-bond donors (Lipinski definition) is 3. The fourth-order valence-corrected chi connectivity index (χ4v) is 6.89. The lowest BCUT2D eigenvalue weighted by Gasteiger charge is -2.57. The molecule has 1 fully saturated rings. The molecule has 2 aromatic rings. The van der Waals surface area contributed by atoms with Gasteiger partial charge in [-0.15, -0.1) is 0 Å². The molecule has 3 aliphatic rings. The van der Waals surface area contributed by atoms with Crippen LogP contribution in [0.25, 0.3) is 16.9 Å². The highest BCUT2D eigenvalue weighted by Gasteiger charge is 2.66. The van der Waals surface area contributed by atoms with Crippen molar-refractivity contribution in [2.24, 2.45) is 16.2 Å². The fraction of sp³-hybridized carbons (Fsp3) is 0.367. The minimum atomic E-state index is -1.56. The van der Waals surface area contributed by atoms with Gasteiger partial charge in [0.15, 0.2) is 17.3 Å². The summed E-state index contributed by atoms with van der Waals surface area (Å²) in [5.41, 5.74) is 0.210. The second kappa shape index (κ2) is 7.42. The standard InChI is InChI=1S/C30H30O6/c1-15-6-8-17(9-7-15)18-10-11-20(32)23-19(18)12-28(3)14-29(4)13-21(33)22(16(2)31)26(35)30(29,5)27(36)24(28)25(23)34/h6-11,32,34-35H,12-14H2,1-5H3/t28-,29+,30+/m0/s1. The monoisotopic (exact) mass is 486 g/mol. The van der Waals surface area contributed by atoms with E-state index in [2.05, 4.69) is 0 Å². The van der Waals surface area contributed by atoms with Crippen molar-refractivity contribution < 1.29 is 29.7 Å². The number of carbonyl (C=O) groups is 3. The predicted octanol–water partition coefficient (Wildman–Crippen LogP) is 5.56. The summed E-state index contributed by atoms with van der Waals surface area (Å²) in [6.07, 6.45) is 0.621. The fourth-order valence-electron chi connectivity index (χ4n) is 6.89. The van der Waals surface area contributed by atoms with Crippen LogP contribution in [-0.4, -0.2) is 32.7 Å². The number of fused-ring (bicyclic) bond motifs is 3. The number of phenolic OH excluding ortho intramolecular Hbond substituents is 1. The molecule has 3 aliphatic carbocycles. The molecule has 0 unspecified atom stereocenters. The number of benzene rings is 2. The molecule has 3 atom stereocenters. The first-order chi connectivity index (χ1) is 16.7. The van der Waals surface area contributed by atoms with Crippen molar-refractivity contribution in [1.82, 2.24) is 0 Å². The first-order valence-electron chi connectivity index (χ1n) is 12.1. The van der Waals surface area contributed by atoms with Gasteiger partial charge < -0.3 is 15.3 Å². The summed E-state index contributed by atoms with van der Waals surface area (Å²) in [6.45, 7) is 8.44. The molecule has 0 spiro atoms. The molecule has 6 nitrogen and oxygen atoms in total. The van der Waals surface area contributed by atoms with E-state index in [9.17, 15) is 29.7 Å². The van der Waals surface area contributed by atoms with E-state index in [1.165, 1.54) is 13.0 Å². The number of aliphatic hydroxyl groups is 2. The third-order valence-corrected chi connectivity index (χ3v) is 8.86. The molecule has 3 N–H and O–H groups in total. The SMILES string of the molecule is CC(=O)C1=C(O)[C@]2(C)C(=O)C3=C(O)c4c(O)ccc(-c5ccc(C)cc5)c4C[C@@]3(C)C[C@@]2(C)CC1=O. The van der Waals surface area contributed by atoms with Gasteiger partial charge in [0.2, 0.25) is 0 Å². The van der Waals surface area contributed by atoms with Gasteiger partial charge in [-0.05, 0) is 61.8 Å². The lowest BCUT2D eigenvalue weighted by Crippen LogP contribution is -2.59. The Bertz CT molecular complexity index is 1440. The van der Waals surface area contributed by atoms with Gasteiger partial charge in [0, 0.05) is 17.4 Å². The quantitative estimate of drug-likeness (QED) is 0.479. The molecule has 0 aromatic heterocycles. The summed E-state index contributed by atoms with van der Waals surface area (Å²) >= 11 is 0. The maximum atomic E-state index is 14.2. The Morgan fingerprint density at radius 2 is 1.56 bits per heavy atom. The Labute approximate surface area is 210 Å². The first kappa shape index (κ1) is 24.0. The zero-order valence-electron chi connectivity index (χ0n) is 21.2. The summed E-state index contributed by atoms with van der Waals surface area (Å²) in [6, 6.07) is 11.3. The molecule has 0 bridgehead atoms. The predicted molar refractivity (Wildman–Crippen MR) is 135 cm³/mol. The second-order valence-electron chi connectivity index (χ2n) is 11.4.